The first kappa shape index (κ1) is 14.1. The maximum absolute atomic E-state index is 13.6. The standard InChI is InChI=1S/C14H16F2N4O/c15-9-1-3-11(12(16)5-9)13(21)6-17-10-2-4-14-18-8-19-20(14)7-10/h1,3,5,8,10,13,17,21H,2,4,6-7H2/t10-,13+/m0/s1. The number of hydrogen-bond acceptors (Lipinski definition) is 4. The Morgan fingerprint density at radius 2 is 2.29 bits per heavy atom. The Hall–Kier alpha value is -1.86. The van der Waals surface area contributed by atoms with E-state index in [0.717, 1.165) is 30.8 Å². The number of fused-ring (bicyclic) bond motifs is 1. The first-order valence-electron chi connectivity index (χ1n) is 6.86. The van der Waals surface area contributed by atoms with Gasteiger partial charge in [0.25, 0.3) is 0 Å². The largest absolute Gasteiger partial charge is 0.387 e. The van der Waals surface area contributed by atoms with Gasteiger partial charge in [-0.1, -0.05) is 6.07 Å². The Kier molecular flexibility index (Phi) is 3.94. The summed E-state index contributed by atoms with van der Waals surface area (Å²) >= 11 is 0. The van der Waals surface area contributed by atoms with Gasteiger partial charge in [-0.15, -0.1) is 0 Å². The second-order valence-electron chi connectivity index (χ2n) is 5.18. The first-order chi connectivity index (χ1) is 10.1. The van der Waals surface area contributed by atoms with Gasteiger partial charge in [-0.05, 0) is 12.5 Å². The van der Waals surface area contributed by atoms with Crippen molar-refractivity contribution in [3.05, 3.63) is 47.5 Å². The molecule has 0 fully saturated rings. The van der Waals surface area contributed by atoms with Gasteiger partial charge in [-0.2, -0.15) is 5.10 Å². The number of nitrogens with zero attached hydrogens (tertiary/aromatic N) is 3. The Morgan fingerprint density at radius 1 is 1.43 bits per heavy atom. The van der Waals surface area contributed by atoms with Crippen molar-refractivity contribution in [3.63, 3.8) is 0 Å². The predicted octanol–water partition coefficient (Wildman–Crippen LogP) is 1.19. The lowest BCUT2D eigenvalue weighted by atomic mass is 10.1. The normalized spacial score (nSPS) is 19.3. The van der Waals surface area contributed by atoms with Crippen molar-refractivity contribution in [1.82, 2.24) is 20.1 Å². The zero-order chi connectivity index (χ0) is 14.8. The van der Waals surface area contributed by atoms with Crippen LogP contribution in [0.3, 0.4) is 0 Å². The fourth-order valence-electron chi connectivity index (χ4n) is 2.56. The number of benzene rings is 1. The molecule has 0 amide bonds. The van der Waals surface area contributed by atoms with Crippen LogP contribution in [0.25, 0.3) is 0 Å². The fraction of sp³-hybridized carbons (Fsp3) is 0.429. The number of halogens is 2. The van der Waals surface area contributed by atoms with Crippen molar-refractivity contribution in [2.45, 2.75) is 31.5 Å². The molecule has 1 aromatic carbocycles. The highest BCUT2D eigenvalue weighted by atomic mass is 19.1. The van der Waals surface area contributed by atoms with Crippen molar-refractivity contribution < 1.29 is 13.9 Å². The summed E-state index contributed by atoms with van der Waals surface area (Å²) in [5, 5.41) is 17.3. The maximum Gasteiger partial charge on any atom is 0.138 e. The van der Waals surface area contributed by atoms with Crippen LogP contribution in [0.4, 0.5) is 8.78 Å². The number of rotatable bonds is 4. The third-order valence-corrected chi connectivity index (χ3v) is 3.73. The monoisotopic (exact) mass is 294 g/mol. The Bertz CT molecular complexity index is 631. The highest BCUT2D eigenvalue weighted by Crippen LogP contribution is 2.18. The Morgan fingerprint density at radius 3 is 3.10 bits per heavy atom. The number of hydrogen-bond donors (Lipinski definition) is 2. The van der Waals surface area contributed by atoms with Crippen molar-refractivity contribution in [2.75, 3.05) is 6.54 Å². The minimum Gasteiger partial charge on any atom is -0.387 e. The summed E-state index contributed by atoms with van der Waals surface area (Å²) in [6.45, 7) is 0.880. The van der Waals surface area contributed by atoms with E-state index >= 15 is 0 Å². The lowest BCUT2D eigenvalue weighted by molar-refractivity contribution is 0.160. The molecule has 0 bridgehead atoms. The van der Waals surface area contributed by atoms with E-state index in [4.69, 9.17) is 0 Å². The number of nitrogens with one attached hydrogen (secondary N) is 1. The van der Waals surface area contributed by atoms with Crippen molar-refractivity contribution in [2.24, 2.45) is 0 Å². The smallest absolute Gasteiger partial charge is 0.138 e. The molecule has 5 nitrogen and oxygen atoms in total. The van der Waals surface area contributed by atoms with Gasteiger partial charge in [0.05, 0.1) is 12.6 Å². The molecule has 0 saturated carbocycles. The molecule has 1 aromatic heterocycles. The summed E-state index contributed by atoms with van der Waals surface area (Å²) in [5.74, 6) is -0.424. The Labute approximate surface area is 120 Å². The van der Waals surface area contributed by atoms with E-state index in [1.165, 1.54) is 12.4 Å². The molecule has 112 valence electrons. The molecule has 1 aliphatic rings. The zero-order valence-electron chi connectivity index (χ0n) is 11.3. The van der Waals surface area contributed by atoms with Gasteiger partial charge < -0.3 is 10.4 Å². The molecule has 2 atom stereocenters. The highest BCUT2D eigenvalue weighted by molar-refractivity contribution is 5.21. The summed E-state index contributed by atoms with van der Waals surface area (Å²) in [6, 6.07) is 3.34. The molecule has 0 saturated heterocycles. The van der Waals surface area contributed by atoms with Crippen LogP contribution in [0.5, 0.6) is 0 Å². The SMILES string of the molecule is O[C@H](CN[C@H]1CCc2ncnn2C1)c1ccc(F)cc1F. The van der Waals surface area contributed by atoms with E-state index in [9.17, 15) is 13.9 Å². The molecular weight excluding hydrogens is 278 g/mol. The van der Waals surface area contributed by atoms with Crippen LogP contribution in [-0.2, 0) is 13.0 Å². The molecule has 2 heterocycles. The van der Waals surface area contributed by atoms with Gasteiger partial charge in [0.2, 0.25) is 0 Å². The lowest BCUT2D eigenvalue weighted by Crippen LogP contribution is -2.39. The van der Waals surface area contributed by atoms with E-state index in [1.807, 2.05) is 4.68 Å². The molecule has 0 unspecified atom stereocenters. The molecule has 21 heavy (non-hydrogen) atoms. The molecular formula is C14H16F2N4O. The van der Waals surface area contributed by atoms with E-state index in [0.29, 0.717) is 6.54 Å². The van der Waals surface area contributed by atoms with Crippen LogP contribution in [0.1, 0.15) is 23.9 Å². The summed E-state index contributed by atoms with van der Waals surface area (Å²) in [4.78, 5) is 4.14. The summed E-state index contributed by atoms with van der Waals surface area (Å²) in [5.41, 5.74) is 0.0983. The summed E-state index contributed by atoms with van der Waals surface area (Å²) < 4.78 is 28.2. The van der Waals surface area contributed by atoms with Crippen LogP contribution >= 0.6 is 0 Å². The van der Waals surface area contributed by atoms with E-state index in [-0.39, 0.29) is 18.2 Å². The topological polar surface area (TPSA) is 63.0 Å². The highest BCUT2D eigenvalue weighted by Gasteiger charge is 2.21. The fourth-order valence-corrected chi connectivity index (χ4v) is 2.56. The van der Waals surface area contributed by atoms with Gasteiger partial charge in [0.1, 0.15) is 23.8 Å². The van der Waals surface area contributed by atoms with Gasteiger partial charge in [0, 0.05) is 30.6 Å². The molecule has 3 rings (SSSR count). The minimum absolute atomic E-state index is 0.0983. The van der Waals surface area contributed by atoms with Crippen molar-refractivity contribution in [3.8, 4) is 0 Å². The van der Waals surface area contributed by atoms with Crippen molar-refractivity contribution >= 4 is 0 Å². The minimum atomic E-state index is -1.01. The third-order valence-electron chi connectivity index (χ3n) is 3.73. The summed E-state index contributed by atoms with van der Waals surface area (Å²) in [6.07, 6.45) is 2.22. The second kappa shape index (κ2) is 5.87. The molecule has 1 aliphatic heterocycles. The molecule has 0 aliphatic carbocycles. The van der Waals surface area contributed by atoms with Crippen LogP contribution in [0, 0.1) is 11.6 Å². The van der Waals surface area contributed by atoms with Gasteiger partial charge >= 0.3 is 0 Å². The average Bonchev–Trinajstić information content (AvgIpc) is 2.92. The number of aliphatic hydroxyl groups is 1. The quantitative estimate of drug-likeness (QED) is 0.889. The van der Waals surface area contributed by atoms with Gasteiger partial charge in [0.15, 0.2) is 0 Å². The van der Waals surface area contributed by atoms with Crippen LogP contribution in [0.15, 0.2) is 24.5 Å². The zero-order valence-corrected chi connectivity index (χ0v) is 11.3. The van der Waals surface area contributed by atoms with E-state index < -0.39 is 17.7 Å². The molecule has 2 aromatic rings. The van der Waals surface area contributed by atoms with Gasteiger partial charge in [-0.25, -0.2) is 18.4 Å². The predicted molar refractivity (Wildman–Crippen MR) is 71.5 cm³/mol. The number of aromatic nitrogens is 3. The molecule has 2 N–H and O–H groups in total. The average molecular weight is 294 g/mol. The first-order valence-corrected chi connectivity index (χ1v) is 6.86. The number of aryl methyl sites for hydroxylation is 1. The van der Waals surface area contributed by atoms with E-state index in [1.54, 1.807) is 0 Å². The third kappa shape index (κ3) is 3.08. The molecule has 0 radical (unpaired) electrons. The van der Waals surface area contributed by atoms with Crippen LogP contribution < -0.4 is 5.32 Å². The van der Waals surface area contributed by atoms with Crippen molar-refractivity contribution in [1.29, 1.82) is 0 Å². The van der Waals surface area contributed by atoms with E-state index in [2.05, 4.69) is 15.4 Å². The summed E-state index contributed by atoms with van der Waals surface area (Å²) in [7, 11) is 0. The van der Waals surface area contributed by atoms with Crippen LogP contribution in [-0.4, -0.2) is 32.5 Å². The second-order valence-corrected chi connectivity index (χ2v) is 5.18. The molecule has 7 heteroatoms. The maximum atomic E-state index is 13.6. The van der Waals surface area contributed by atoms with Gasteiger partial charge in [-0.3, -0.25) is 0 Å². The lowest BCUT2D eigenvalue weighted by Gasteiger charge is -2.25. The van der Waals surface area contributed by atoms with Crippen LogP contribution in [0.2, 0.25) is 0 Å². The molecule has 0 spiro atoms. The Balaban J connectivity index is 1.58. The number of aliphatic hydroxyl groups excluding tert-OH is 1.